The van der Waals surface area contributed by atoms with E-state index in [4.69, 9.17) is 0 Å². The molecule has 0 radical (unpaired) electrons. The van der Waals surface area contributed by atoms with Crippen molar-refractivity contribution in [2.24, 2.45) is 0 Å². The van der Waals surface area contributed by atoms with Crippen LogP contribution in [0.5, 0.6) is 0 Å². The van der Waals surface area contributed by atoms with Gasteiger partial charge in [-0.05, 0) is 48.9 Å². The molecule has 6 heteroatoms. The number of nitrogens with zero attached hydrogens (tertiary/aromatic N) is 1. The van der Waals surface area contributed by atoms with Gasteiger partial charge in [-0.2, -0.15) is 0 Å². The Balaban J connectivity index is 1.51. The zero-order valence-corrected chi connectivity index (χ0v) is 15.9. The molecule has 0 aliphatic carbocycles. The van der Waals surface area contributed by atoms with Crippen molar-refractivity contribution in [3.05, 3.63) is 89.5 Å². The minimum absolute atomic E-state index is 0.222. The quantitative estimate of drug-likeness (QED) is 0.511. The molecule has 28 heavy (non-hydrogen) atoms. The highest BCUT2D eigenvalue weighted by Crippen LogP contribution is 2.28. The molecule has 4 rings (SSSR count). The molecule has 0 saturated heterocycles. The first kappa shape index (κ1) is 17.9. The number of para-hydroxylation sites is 1. The molecule has 0 fully saturated rings. The highest BCUT2D eigenvalue weighted by Gasteiger charge is 2.12. The number of rotatable bonds is 4. The average molecular weight is 387 g/mol. The molecule has 138 valence electrons. The summed E-state index contributed by atoms with van der Waals surface area (Å²) in [5, 5.41) is 6.21. The van der Waals surface area contributed by atoms with Crippen LogP contribution in [-0.2, 0) is 0 Å². The summed E-state index contributed by atoms with van der Waals surface area (Å²) >= 11 is 1.43. The lowest BCUT2D eigenvalue weighted by Gasteiger charge is -2.07. The monoisotopic (exact) mass is 387 g/mol. The molecule has 1 heterocycles. The van der Waals surface area contributed by atoms with Crippen molar-refractivity contribution in [1.29, 1.82) is 0 Å². The van der Waals surface area contributed by atoms with Crippen molar-refractivity contribution in [3.8, 4) is 0 Å². The van der Waals surface area contributed by atoms with Crippen LogP contribution < -0.4 is 10.6 Å². The van der Waals surface area contributed by atoms with E-state index in [1.54, 1.807) is 48.5 Å². The van der Waals surface area contributed by atoms with E-state index in [2.05, 4.69) is 15.6 Å². The molecule has 5 nitrogen and oxygen atoms in total. The van der Waals surface area contributed by atoms with E-state index in [1.807, 2.05) is 31.2 Å². The van der Waals surface area contributed by atoms with Gasteiger partial charge in [-0.3, -0.25) is 14.9 Å². The summed E-state index contributed by atoms with van der Waals surface area (Å²) in [6.45, 7) is 1.99. The SMILES string of the molecule is Cc1cccc2sc(NC(=O)c3cccc(NC(=O)c4ccccc4)c3)nc12. The van der Waals surface area contributed by atoms with Gasteiger partial charge in [-0.15, -0.1) is 0 Å². The summed E-state index contributed by atoms with van der Waals surface area (Å²) in [6.07, 6.45) is 0. The van der Waals surface area contributed by atoms with Crippen LogP contribution in [0.3, 0.4) is 0 Å². The first-order valence-corrected chi connectivity index (χ1v) is 9.56. The Morgan fingerprint density at radius 2 is 1.54 bits per heavy atom. The van der Waals surface area contributed by atoms with Gasteiger partial charge < -0.3 is 5.32 Å². The van der Waals surface area contributed by atoms with Crippen LogP contribution in [0.2, 0.25) is 0 Å². The van der Waals surface area contributed by atoms with Crippen LogP contribution in [0.25, 0.3) is 10.2 Å². The van der Waals surface area contributed by atoms with E-state index in [-0.39, 0.29) is 11.8 Å². The first-order valence-electron chi connectivity index (χ1n) is 8.74. The largest absolute Gasteiger partial charge is 0.322 e. The Hall–Kier alpha value is -3.51. The average Bonchev–Trinajstić information content (AvgIpc) is 3.13. The van der Waals surface area contributed by atoms with Gasteiger partial charge in [-0.1, -0.05) is 47.7 Å². The predicted octanol–water partition coefficient (Wildman–Crippen LogP) is 5.11. The number of carbonyl (C=O) groups is 2. The molecule has 4 aromatic rings. The first-order chi connectivity index (χ1) is 13.6. The third-order valence-corrected chi connectivity index (χ3v) is 5.20. The van der Waals surface area contributed by atoms with Crippen LogP contribution in [0.15, 0.2) is 72.8 Å². The van der Waals surface area contributed by atoms with Crippen LogP contribution in [0, 0.1) is 6.92 Å². The highest BCUT2D eigenvalue weighted by molar-refractivity contribution is 7.22. The maximum absolute atomic E-state index is 12.6. The third kappa shape index (κ3) is 3.77. The minimum Gasteiger partial charge on any atom is -0.322 e. The van der Waals surface area contributed by atoms with Gasteiger partial charge in [-0.25, -0.2) is 4.98 Å². The summed E-state index contributed by atoms with van der Waals surface area (Å²) in [4.78, 5) is 29.4. The molecule has 0 unspecified atom stereocenters. The lowest BCUT2D eigenvalue weighted by atomic mass is 10.1. The fourth-order valence-electron chi connectivity index (χ4n) is 2.84. The number of benzene rings is 3. The maximum atomic E-state index is 12.6. The van der Waals surface area contributed by atoms with E-state index in [1.165, 1.54) is 11.3 Å². The van der Waals surface area contributed by atoms with Gasteiger partial charge >= 0.3 is 0 Å². The summed E-state index contributed by atoms with van der Waals surface area (Å²) in [5.74, 6) is -0.493. The second kappa shape index (κ2) is 7.62. The summed E-state index contributed by atoms with van der Waals surface area (Å²) in [6, 6.07) is 21.7. The Bertz CT molecular complexity index is 1170. The Kier molecular flexibility index (Phi) is 4.87. The van der Waals surface area contributed by atoms with Gasteiger partial charge in [0.25, 0.3) is 11.8 Å². The molecule has 0 aliphatic heterocycles. The molecular weight excluding hydrogens is 370 g/mol. The molecule has 0 aliphatic rings. The number of amides is 2. The third-order valence-electron chi connectivity index (χ3n) is 4.26. The number of hydrogen-bond acceptors (Lipinski definition) is 4. The van der Waals surface area contributed by atoms with Gasteiger partial charge in [0.05, 0.1) is 10.2 Å². The van der Waals surface area contributed by atoms with Crippen molar-refractivity contribution in [1.82, 2.24) is 4.98 Å². The minimum atomic E-state index is -0.271. The predicted molar refractivity (Wildman–Crippen MR) is 113 cm³/mol. The summed E-state index contributed by atoms with van der Waals surface area (Å²) < 4.78 is 1.03. The van der Waals surface area contributed by atoms with Gasteiger partial charge in [0, 0.05) is 16.8 Å². The van der Waals surface area contributed by atoms with Gasteiger partial charge in [0.15, 0.2) is 5.13 Å². The standard InChI is InChI=1S/C22H17N3O2S/c1-14-7-5-12-18-19(14)24-22(28-18)25-21(27)16-10-6-11-17(13-16)23-20(26)15-8-3-2-4-9-15/h2-13H,1H3,(H,23,26)(H,24,25,27). The molecule has 0 spiro atoms. The van der Waals surface area contributed by atoms with Crippen LogP contribution >= 0.6 is 11.3 Å². The molecular formula is C22H17N3O2S. The zero-order valence-electron chi connectivity index (χ0n) is 15.1. The number of thiazole rings is 1. The van der Waals surface area contributed by atoms with E-state index >= 15 is 0 Å². The van der Waals surface area contributed by atoms with E-state index in [9.17, 15) is 9.59 Å². The Morgan fingerprint density at radius 3 is 2.32 bits per heavy atom. The fraction of sp³-hybridized carbons (Fsp3) is 0.0455. The normalized spacial score (nSPS) is 10.6. The van der Waals surface area contributed by atoms with Crippen molar-refractivity contribution in [2.45, 2.75) is 6.92 Å². The summed E-state index contributed by atoms with van der Waals surface area (Å²) in [7, 11) is 0. The second-order valence-corrected chi connectivity index (χ2v) is 7.33. The van der Waals surface area contributed by atoms with Crippen LogP contribution in [-0.4, -0.2) is 16.8 Å². The van der Waals surface area contributed by atoms with Crippen molar-refractivity contribution in [3.63, 3.8) is 0 Å². The molecule has 0 saturated carbocycles. The van der Waals surface area contributed by atoms with Crippen molar-refractivity contribution < 1.29 is 9.59 Å². The van der Waals surface area contributed by atoms with E-state index < -0.39 is 0 Å². The van der Waals surface area contributed by atoms with Crippen molar-refractivity contribution >= 4 is 44.2 Å². The molecule has 2 amide bonds. The summed E-state index contributed by atoms with van der Waals surface area (Å²) in [5.41, 5.74) is 3.53. The number of hydrogen-bond donors (Lipinski definition) is 2. The number of fused-ring (bicyclic) bond motifs is 1. The number of carbonyl (C=O) groups excluding carboxylic acids is 2. The Morgan fingerprint density at radius 1 is 0.821 bits per heavy atom. The zero-order chi connectivity index (χ0) is 19.5. The molecule has 1 aromatic heterocycles. The topological polar surface area (TPSA) is 71.1 Å². The molecule has 3 aromatic carbocycles. The molecule has 2 N–H and O–H groups in total. The van der Waals surface area contributed by atoms with Gasteiger partial charge in [0.2, 0.25) is 0 Å². The number of aromatic nitrogens is 1. The number of aryl methyl sites for hydroxylation is 1. The van der Waals surface area contributed by atoms with Gasteiger partial charge in [0.1, 0.15) is 0 Å². The van der Waals surface area contributed by atoms with Crippen LogP contribution in [0.1, 0.15) is 26.3 Å². The van der Waals surface area contributed by atoms with Crippen molar-refractivity contribution in [2.75, 3.05) is 10.6 Å². The number of anilines is 2. The number of nitrogens with one attached hydrogen (secondary N) is 2. The van der Waals surface area contributed by atoms with Crippen LogP contribution in [0.4, 0.5) is 10.8 Å². The second-order valence-electron chi connectivity index (χ2n) is 6.30. The highest BCUT2D eigenvalue weighted by atomic mass is 32.1. The smallest absolute Gasteiger partial charge is 0.257 e. The van der Waals surface area contributed by atoms with E-state index in [0.717, 1.165) is 15.8 Å². The lowest BCUT2D eigenvalue weighted by molar-refractivity contribution is 0.101. The molecule has 0 atom stereocenters. The molecule has 0 bridgehead atoms. The Labute approximate surface area is 166 Å². The van der Waals surface area contributed by atoms with E-state index in [0.29, 0.717) is 21.9 Å². The fourth-order valence-corrected chi connectivity index (χ4v) is 3.78. The maximum Gasteiger partial charge on any atom is 0.257 e. The lowest BCUT2D eigenvalue weighted by Crippen LogP contribution is -2.14.